The molecule has 1 aromatic heterocycles. The molecule has 0 bridgehead atoms. The van der Waals surface area contributed by atoms with Crippen LogP contribution < -0.4 is 9.64 Å². The van der Waals surface area contributed by atoms with Gasteiger partial charge < -0.3 is 19.3 Å². The molecule has 0 radical (unpaired) electrons. The van der Waals surface area contributed by atoms with E-state index in [-0.39, 0.29) is 24.4 Å². The zero-order valence-electron chi connectivity index (χ0n) is 17.3. The summed E-state index contributed by atoms with van der Waals surface area (Å²) in [6, 6.07) is 13.6. The van der Waals surface area contributed by atoms with Gasteiger partial charge in [-0.1, -0.05) is 18.2 Å². The van der Waals surface area contributed by atoms with Crippen molar-refractivity contribution in [1.82, 2.24) is 4.57 Å². The SMILES string of the molecule is CCN(C(=O)/C(C#N)=C/c1cn(CC(=O)O)c2ccccc12)c1ccc(OC(F)(F)F)cc1. The number of alkyl halides is 3. The summed E-state index contributed by atoms with van der Waals surface area (Å²) in [6.45, 7) is 1.52. The predicted octanol–water partition coefficient (Wildman–Crippen LogP) is 4.58. The fourth-order valence-electron chi connectivity index (χ4n) is 3.38. The van der Waals surface area contributed by atoms with E-state index in [0.717, 1.165) is 12.1 Å². The number of nitrogens with zero attached hydrogens (tertiary/aromatic N) is 3. The normalized spacial score (nSPS) is 11.8. The van der Waals surface area contributed by atoms with Crippen LogP contribution in [-0.2, 0) is 16.1 Å². The average molecular weight is 457 g/mol. The highest BCUT2D eigenvalue weighted by Gasteiger charge is 2.31. The molecule has 0 saturated carbocycles. The van der Waals surface area contributed by atoms with E-state index in [1.807, 2.05) is 6.07 Å². The van der Waals surface area contributed by atoms with Crippen molar-refractivity contribution in [2.24, 2.45) is 0 Å². The summed E-state index contributed by atoms with van der Waals surface area (Å²) in [6.07, 6.45) is -1.92. The van der Waals surface area contributed by atoms with Crippen LogP contribution in [0, 0.1) is 11.3 Å². The van der Waals surface area contributed by atoms with Gasteiger partial charge in [-0.25, -0.2) is 0 Å². The van der Waals surface area contributed by atoms with Gasteiger partial charge in [-0.15, -0.1) is 13.2 Å². The molecule has 3 aromatic rings. The number of likely N-dealkylation sites (N-methyl/N-ethyl adjacent to an activating group) is 1. The van der Waals surface area contributed by atoms with Crippen molar-refractivity contribution in [1.29, 1.82) is 5.26 Å². The number of hydrogen-bond donors (Lipinski definition) is 1. The molecule has 170 valence electrons. The van der Waals surface area contributed by atoms with Gasteiger partial charge in [-0.3, -0.25) is 9.59 Å². The van der Waals surface area contributed by atoms with E-state index in [1.165, 1.54) is 27.7 Å². The Bertz CT molecular complexity index is 1250. The Morgan fingerprint density at radius 3 is 2.42 bits per heavy atom. The number of benzene rings is 2. The Labute approximate surface area is 186 Å². The summed E-state index contributed by atoms with van der Waals surface area (Å²) in [7, 11) is 0. The van der Waals surface area contributed by atoms with Gasteiger partial charge in [0.2, 0.25) is 0 Å². The predicted molar refractivity (Wildman–Crippen MR) is 114 cm³/mol. The number of halogens is 3. The molecular weight excluding hydrogens is 439 g/mol. The Hall–Kier alpha value is -4.26. The molecule has 0 aliphatic heterocycles. The first-order valence-electron chi connectivity index (χ1n) is 9.72. The number of hydrogen-bond acceptors (Lipinski definition) is 4. The van der Waals surface area contributed by atoms with Crippen LogP contribution in [0.3, 0.4) is 0 Å². The van der Waals surface area contributed by atoms with Gasteiger partial charge in [0.05, 0.1) is 0 Å². The summed E-state index contributed by atoms with van der Waals surface area (Å²) < 4.78 is 42.5. The third-order valence-corrected chi connectivity index (χ3v) is 4.72. The van der Waals surface area contributed by atoms with Crippen molar-refractivity contribution in [2.45, 2.75) is 19.8 Å². The van der Waals surface area contributed by atoms with Crippen LogP contribution in [-0.4, -0.2) is 34.5 Å². The number of nitriles is 1. The smallest absolute Gasteiger partial charge is 0.480 e. The number of carboxylic acid groups (broad SMARTS) is 1. The molecule has 1 N–H and O–H groups in total. The summed E-state index contributed by atoms with van der Waals surface area (Å²) in [5.74, 6) is -2.13. The van der Waals surface area contributed by atoms with Crippen LogP contribution in [0.15, 0.2) is 60.3 Å². The van der Waals surface area contributed by atoms with E-state index in [2.05, 4.69) is 4.74 Å². The third kappa shape index (κ3) is 5.51. The maximum atomic E-state index is 13.1. The lowest BCUT2D eigenvalue weighted by Crippen LogP contribution is -2.31. The highest BCUT2D eigenvalue weighted by molar-refractivity contribution is 6.12. The minimum Gasteiger partial charge on any atom is -0.480 e. The van der Waals surface area contributed by atoms with E-state index >= 15 is 0 Å². The Kier molecular flexibility index (Phi) is 6.72. The number of fused-ring (bicyclic) bond motifs is 1. The van der Waals surface area contributed by atoms with Crippen LogP contribution in [0.1, 0.15) is 12.5 Å². The molecule has 0 spiro atoms. The molecule has 0 unspecified atom stereocenters. The number of carbonyl (C=O) groups excluding carboxylic acids is 1. The molecular formula is C23H18F3N3O4. The van der Waals surface area contributed by atoms with Gasteiger partial charge in [-0.05, 0) is 43.3 Å². The van der Waals surface area contributed by atoms with Crippen LogP contribution in [0.25, 0.3) is 17.0 Å². The summed E-state index contributed by atoms with van der Waals surface area (Å²) >= 11 is 0. The number of aromatic nitrogens is 1. The van der Waals surface area contributed by atoms with Crippen molar-refractivity contribution < 1.29 is 32.6 Å². The Morgan fingerprint density at radius 1 is 1.18 bits per heavy atom. The number of rotatable bonds is 7. The first-order chi connectivity index (χ1) is 15.6. The second kappa shape index (κ2) is 9.48. The minimum absolute atomic E-state index is 0.151. The quantitative estimate of drug-likeness (QED) is 0.414. The topological polar surface area (TPSA) is 95.6 Å². The maximum Gasteiger partial charge on any atom is 0.573 e. The molecule has 0 fully saturated rings. The van der Waals surface area contributed by atoms with Gasteiger partial charge in [-0.2, -0.15) is 5.26 Å². The molecule has 0 aliphatic carbocycles. The minimum atomic E-state index is -4.84. The number of carboxylic acids is 1. The van der Waals surface area contributed by atoms with Crippen LogP contribution in [0.4, 0.5) is 18.9 Å². The van der Waals surface area contributed by atoms with Gasteiger partial charge in [0, 0.05) is 34.9 Å². The first kappa shape index (κ1) is 23.4. The molecule has 3 rings (SSSR count). The largest absolute Gasteiger partial charge is 0.573 e. The van der Waals surface area contributed by atoms with E-state index in [4.69, 9.17) is 5.11 Å². The number of ether oxygens (including phenoxy) is 1. The van der Waals surface area contributed by atoms with Crippen molar-refractivity contribution in [3.8, 4) is 11.8 Å². The number of aliphatic carboxylic acids is 1. The Morgan fingerprint density at radius 2 is 1.85 bits per heavy atom. The fourth-order valence-corrected chi connectivity index (χ4v) is 3.38. The third-order valence-electron chi connectivity index (χ3n) is 4.72. The lowest BCUT2D eigenvalue weighted by Gasteiger charge is -2.21. The van der Waals surface area contributed by atoms with E-state index in [1.54, 1.807) is 37.4 Å². The van der Waals surface area contributed by atoms with Crippen LogP contribution in [0.2, 0.25) is 0 Å². The molecule has 0 saturated heterocycles. The highest BCUT2D eigenvalue weighted by Crippen LogP contribution is 2.27. The van der Waals surface area contributed by atoms with Crippen molar-refractivity contribution in [3.63, 3.8) is 0 Å². The molecule has 1 heterocycles. The summed E-state index contributed by atoms with van der Waals surface area (Å²) in [4.78, 5) is 25.5. The monoisotopic (exact) mass is 457 g/mol. The van der Waals surface area contributed by atoms with E-state index in [9.17, 15) is 28.0 Å². The molecule has 10 heteroatoms. The molecule has 7 nitrogen and oxygen atoms in total. The van der Waals surface area contributed by atoms with Crippen molar-refractivity contribution in [3.05, 3.63) is 65.9 Å². The average Bonchev–Trinajstić information content (AvgIpc) is 3.09. The van der Waals surface area contributed by atoms with Crippen molar-refractivity contribution in [2.75, 3.05) is 11.4 Å². The van der Waals surface area contributed by atoms with Gasteiger partial charge in [0.15, 0.2) is 0 Å². The number of carbonyl (C=O) groups is 2. The molecule has 33 heavy (non-hydrogen) atoms. The van der Waals surface area contributed by atoms with Crippen LogP contribution >= 0.6 is 0 Å². The summed E-state index contributed by atoms with van der Waals surface area (Å²) in [5, 5.41) is 19.4. The molecule has 1 amide bonds. The number of anilines is 1. The lowest BCUT2D eigenvalue weighted by atomic mass is 10.1. The second-order valence-electron chi connectivity index (χ2n) is 6.88. The zero-order valence-corrected chi connectivity index (χ0v) is 17.3. The lowest BCUT2D eigenvalue weighted by molar-refractivity contribution is -0.274. The standard InChI is InChI=1S/C23H18F3N3O4/c1-2-29(17-7-9-18(10-8-17)33-23(24,25)26)22(32)15(12-27)11-16-13-28(14-21(30)31)20-6-4-3-5-19(16)20/h3-11,13H,2,14H2,1H3,(H,30,31)/b15-11+. The highest BCUT2D eigenvalue weighted by atomic mass is 19.4. The van der Waals surface area contributed by atoms with Gasteiger partial charge in [0.25, 0.3) is 5.91 Å². The second-order valence-corrected chi connectivity index (χ2v) is 6.88. The first-order valence-corrected chi connectivity index (χ1v) is 9.72. The Balaban J connectivity index is 1.95. The molecule has 2 aromatic carbocycles. The van der Waals surface area contributed by atoms with E-state index in [0.29, 0.717) is 16.5 Å². The molecule has 0 aliphatic rings. The molecule has 0 atom stereocenters. The van der Waals surface area contributed by atoms with Gasteiger partial charge in [0.1, 0.15) is 23.9 Å². The number of para-hydroxylation sites is 1. The number of amides is 1. The van der Waals surface area contributed by atoms with Crippen molar-refractivity contribution >= 4 is 34.5 Å². The zero-order chi connectivity index (χ0) is 24.2. The maximum absolute atomic E-state index is 13.1. The van der Waals surface area contributed by atoms with Gasteiger partial charge >= 0.3 is 12.3 Å². The van der Waals surface area contributed by atoms with Crippen LogP contribution in [0.5, 0.6) is 5.75 Å². The summed E-state index contributed by atoms with van der Waals surface area (Å²) in [5.41, 5.74) is 1.18. The van der Waals surface area contributed by atoms with E-state index < -0.39 is 24.0 Å². The fraction of sp³-hybridized carbons (Fsp3) is 0.174.